The van der Waals surface area contributed by atoms with E-state index in [1.807, 2.05) is 6.92 Å². The zero-order chi connectivity index (χ0) is 15.0. The SMILES string of the molecule is Cc1nnc2c(Nc3ccc(C(=O)O)c(Cl)c3)nccn12. The summed E-state index contributed by atoms with van der Waals surface area (Å²) in [5.74, 6) is 0.187. The molecule has 0 aliphatic carbocycles. The average Bonchev–Trinajstić information content (AvgIpc) is 2.81. The van der Waals surface area contributed by atoms with Crippen LogP contribution in [0, 0.1) is 6.92 Å². The van der Waals surface area contributed by atoms with Crippen LogP contribution in [0.3, 0.4) is 0 Å². The van der Waals surface area contributed by atoms with E-state index in [9.17, 15) is 4.79 Å². The Morgan fingerprint density at radius 2 is 2.19 bits per heavy atom. The van der Waals surface area contributed by atoms with Gasteiger partial charge in [0.05, 0.1) is 10.6 Å². The molecule has 8 heteroatoms. The van der Waals surface area contributed by atoms with Crippen molar-refractivity contribution in [2.45, 2.75) is 6.92 Å². The van der Waals surface area contributed by atoms with Gasteiger partial charge in [0.2, 0.25) is 5.65 Å². The Balaban J connectivity index is 1.99. The molecule has 0 aliphatic heterocycles. The molecule has 106 valence electrons. The van der Waals surface area contributed by atoms with Gasteiger partial charge >= 0.3 is 5.97 Å². The van der Waals surface area contributed by atoms with Crippen molar-refractivity contribution in [2.24, 2.45) is 0 Å². The van der Waals surface area contributed by atoms with Crippen LogP contribution in [0.4, 0.5) is 11.5 Å². The summed E-state index contributed by atoms with van der Waals surface area (Å²) in [4.78, 5) is 15.1. The first-order chi connectivity index (χ1) is 10.1. The Morgan fingerprint density at radius 3 is 2.90 bits per heavy atom. The lowest BCUT2D eigenvalue weighted by molar-refractivity contribution is 0.0697. The fraction of sp³-hybridized carbons (Fsp3) is 0.0769. The number of rotatable bonds is 3. The highest BCUT2D eigenvalue weighted by atomic mass is 35.5. The maximum Gasteiger partial charge on any atom is 0.337 e. The van der Waals surface area contributed by atoms with Gasteiger partial charge in [-0.15, -0.1) is 10.2 Å². The number of carboxylic acids is 1. The van der Waals surface area contributed by atoms with Crippen LogP contribution >= 0.6 is 11.6 Å². The van der Waals surface area contributed by atoms with Crippen molar-refractivity contribution in [3.8, 4) is 0 Å². The number of halogens is 1. The summed E-state index contributed by atoms with van der Waals surface area (Å²) in [5, 5.41) is 20.2. The van der Waals surface area contributed by atoms with Crippen LogP contribution in [-0.4, -0.2) is 30.7 Å². The number of hydrogen-bond donors (Lipinski definition) is 2. The van der Waals surface area contributed by atoms with E-state index in [1.165, 1.54) is 12.1 Å². The minimum Gasteiger partial charge on any atom is -0.478 e. The van der Waals surface area contributed by atoms with E-state index in [2.05, 4.69) is 20.5 Å². The van der Waals surface area contributed by atoms with Crippen LogP contribution in [0.5, 0.6) is 0 Å². The molecule has 3 rings (SSSR count). The number of carbonyl (C=O) groups is 1. The van der Waals surface area contributed by atoms with Crippen LogP contribution in [0.15, 0.2) is 30.6 Å². The zero-order valence-corrected chi connectivity index (χ0v) is 11.7. The van der Waals surface area contributed by atoms with Gasteiger partial charge in [-0.05, 0) is 25.1 Å². The lowest BCUT2D eigenvalue weighted by Gasteiger charge is -2.08. The highest BCUT2D eigenvalue weighted by Crippen LogP contribution is 2.24. The Labute approximate surface area is 124 Å². The monoisotopic (exact) mass is 303 g/mol. The highest BCUT2D eigenvalue weighted by molar-refractivity contribution is 6.33. The minimum atomic E-state index is -1.07. The lowest BCUT2D eigenvalue weighted by Crippen LogP contribution is -2.01. The number of anilines is 2. The van der Waals surface area contributed by atoms with Gasteiger partial charge in [0, 0.05) is 18.1 Å². The highest BCUT2D eigenvalue weighted by Gasteiger charge is 2.11. The molecule has 0 radical (unpaired) electrons. The van der Waals surface area contributed by atoms with Crippen molar-refractivity contribution in [1.82, 2.24) is 19.6 Å². The number of nitrogens with one attached hydrogen (secondary N) is 1. The van der Waals surface area contributed by atoms with Crippen molar-refractivity contribution in [3.05, 3.63) is 47.0 Å². The summed E-state index contributed by atoms with van der Waals surface area (Å²) in [5.41, 5.74) is 1.24. The van der Waals surface area contributed by atoms with Gasteiger partial charge in [-0.25, -0.2) is 9.78 Å². The van der Waals surface area contributed by atoms with Gasteiger partial charge < -0.3 is 10.4 Å². The third kappa shape index (κ3) is 2.38. The van der Waals surface area contributed by atoms with Crippen molar-refractivity contribution in [2.75, 3.05) is 5.32 Å². The van der Waals surface area contributed by atoms with Crippen molar-refractivity contribution < 1.29 is 9.90 Å². The molecule has 0 atom stereocenters. The molecular weight excluding hydrogens is 294 g/mol. The molecule has 0 aliphatic rings. The summed E-state index contributed by atoms with van der Waals surface area (Å²) in [6, 6.07) is 4.57. The topological polar surface area (TPSA) is 92.4 Å². The second kappa shape index (κ2) is 5.02. The molecule has 0 amide bonds. The molecule has 0 saturated heterocycles. The van der Waals surface area contributed by atoms with E-state index in [0.717, 1.165) is 5.82 Å². The quantitative estimate of drug-likeness (QED) is 0.772. The molecule has 1 aromatic carbocycles. The molecule has 0 unspecified atom stereocenters. The summed E-state index contributed by atoms with van der Waals surface area (Å²) < 4.78 is 1.79. The molecule has 21 heavy (non-hydrogen) atoms. The number of hydrogen-bond acceptors (Lipinski definition) is 5. The number of fused-ring (bicyclic) bond motifs is 1. The summed E-state index contributed by atoms with van der Waals surface area (Å²) in [6.07, 6.45) is 3.38. The Morgan fingerprint density at radius 1 is 1.38 bits per heavy atom. The Kier molecular flexibility index (Phi) is 3.19. The largest absolute Gasteiger partial charge is 0.478 e. The first kappa shape index (κ1) is 13.3. The Bertz CT molecular complexity index is 846. The molecule has 3 aromatic rings. The first-order valence-electron chi connectivity index (χ1n) is 6.02. The van der Waals surface area contributed by atoms with Gasteiger partial charge in [-0.2, -0.15) is 0 Å². The molecule has 0 fully saturated rings. The van der Waals surface area contributed by atoms with Crippen LogP contribution in [-0.2, 0) is 0 Å². The average molecular weight is 304 g/mol. The molecule has 0 spiro atoms. The van der Waals surface area contributed by atoms with Crippen LogP contribution in [0.1, 0.15) is 16.2 Å². The summed E-state index contributed by atoms with van der Waals surface area (Å²) >= 11 is 5.94. The number of carboxylic acid groups (broad SMARTS) is 1. The fourth-order valence-corrected chi connectivity index (χ4v) is 2.19. The maximum absolute atomic E-state index is 10.9. The number of aromatic carboxylic acids is 1. The predicted molar refractivity (Wildman–Crippen MR) is 77.2 cm³/mol. The van der Waals surface area contributed by atoms with Gasteiger partial charge in [-0.1, -0.05) is 11.6 Å². The molecule has 0 saturated carbocycles. The molecule has 2 aromatic heterocycles. The number of nitrogens with zero attached hydrogens (tertiary/aromatic N) is 4. The van der Waals surface area contributed by atoms with Gasteiger partial charge in [-0.3, -0.25) is 4.40 Å². The van der Waals surface area contributed by atoms with Gasteiger partial charge in [0.25, 0.3) is 0 Å². The van der Waals surface area contributed by atoms with E-state index in [1.54, 1.807) is 22.9 Å². The van der Waals surface area contributed by atoms with E-state index >= 15 is 0 Å². The van der Waals surface area contributed by atoms with Gasteiger partial charge in [0.1, 0.15) is 5.82 Å². The fourth-order valence-electron chi connectivity index (χ4n) is 1.93. The second-order valence-electron chi connectivity index (χ2n) is 4.34. The standard InChI is InChI=1S/C13H10ClN5O2/c1-7-17-18-12-11(15-4-5-19(7)12)16-8-2-3-9(13(20)21)10(14)6-8/h2-6H,1H3,(H,15,16)(H,20,21). The maximum atomic E-state index is 10.9. The second-order valence-corrected chi connectivity index (χ2v) is 4.75. The third-order valence-corrected chi connectivity index (χ3v) is 3.27. The van der Waals surface area contributed by atoms with Crippen molar-refractivity contribution in [3.63, 3.8) is 0 Å². The minimum absolute atomic E-state index is 0.0479. The number of aryl methyl sites for hydroxylation is 1. The number of benzene rings is 1. The van der Waals surface area contributed by atoms with Crippen molar-refractivity contribution in [1.29, 1.82) is 0 Å². The molecular formula is C13H10ClN5O2. The van der Waals surface area contributed by atoms with Crippen molar-refractivity contribution >= 4 is 34.7 Å². The van der Waals surface area contributed by atoms with E-state index in [4.69, 9.17) is 16.7 Å². The first-order valence-corrected chi connectivity index (χ1v) is 6.40. The van der Waals surface area contributed by atoms with E-state index in [-0.39, 0.29) is 10.6 Å². The summed E-state index contributed by atoms with van der Waals surface area (Å²) in [6.45, 7) is 1.84. The van der Waals surface area contributed by atoms with E-state index in [0.29, 0.717) is 17.2 Å². The summed E-state index contributed by atoms with van der Waals surface area (Å²) in [7, 11) is 0. The van der Waals surface area contributed by atoms with Crippen LogP contribution < -0.4 is 5.32 Å². The third-order valence-electron chi connectivity index (χ3n) is 2.96. The molecule has 0 bridgehead atoms. The molecule has 2 heterocycles. The smallest absolute Gasteiger partial charge is 0.337 e. The molecule has 7 nitrogen and oxygen atoms in total. The normalized spacial score (nSPS) is 10.8. The zero-order valence-electron chi connectivity index (χ0n) is 10.9. The van der Waals surface area contributed by atoms with Crippen LogP contribution in [0.25, 0.3) is 5.65 Å². The predicted octanol–water partition coefficient (Wildman–Crippen LogP) is 2.53. The Hall–Kier alpha value is -2.67. The number of aromatic nitrogens is 4. The lowest BCUT2D eigenvalue weighted by atomic mass is 10.2. The van der Waals surface area contributed by atoms with Crippen LogP contribution in [0.2, 0.25) is 5.02 Å². The molecule has 2 N–H and O–H groups in total. The van der Waals surface area contributed by atoms with E-state index < -0.39 is 5.97 Å². The van der Waals surface area contributed by atoms with Gasteiger partial charge in [0.15, 0.2) is 5.82 Å².